The van der Waals surface area contributed by atoms with Crippen molar-refractivity contribution in [3.05, 3.63) is 66.5 Å². The van der Waals surface area contributed by atoms with Gasteiger partial charge in [-0.2, -0.15) is 5.10 Å². The molecule has 4 rings (SSSR count). The van der Waals surface area contributed by atoms with Crippen LogP contribution in [-0.4, -0.2) is 38.8 Å². The van der Waals surface area contributed by atoms with Crippen molar-refractivity contribution in [3.63, 3.8) is 0 Å². The average molecular weight is 431 g/mol. The van der Waals surface area contributed by atoms with Crippen LogP contribution in [0.4, 0.5) is 13.2 Å². The van der Waals surface area contributed by atoms with Gasteiger partial charge in [0.1, 0.15) is 23.8 Å². The van der Waals surface area contributed by atoms with Crippen molar-refractivity contribution >= 4 is 16.9 Å². The van der Waals surface area contributed by atoms with Crippen LogP contribution in [0.5, 0.6) is 11.5 Å². The molecule has 160 valence electrons. The molecule has 0 bridgehead atoms. The van der Waals surface area contributed by atoms with Crippen LogP contribution in [0.2, 0.25) is 0 Å². The molecular weight excluding hydrogens is 415 g/mol. The number of hydrogen-bond acceptors (Lipinski definition) is 4. The predicted octanol–water partition coefficient (Wildman–Crippen LogP) is 4.71. The Bertz CT molecular complexity index is 1200. The highest BCUT2D eigenvalue weighted by atomic mass is 19.4. The smallest absolute Gasteiger partial charge is 0.492 e. The van der Waals surface area contributed by atoms with Gasteiger partial charge in [-0.15, -0.1) is 13.2 Å². The largest absolute Gasteiger partial charge is 0.573 e. The lowest BCUT2D eigenvalue weighted by Gasteiger charge is -2.12. The van der Waals surface area contributed by atoms with Crippen molar-refractivity contribution in [2.24, 2.45) is 0 Å². The molecule has 0 aliphatic heterocycles. The molecule has 0 spiro atoms. The maximum Gasteiger partial charge on any atom is 0.573 e. The third-order valence-corrected chi connectivity index (χ3v) is 4.57. The highest BCUT2D eigenvalue weighted by Gasteiger charge is 2.31. The van der Waals surface area contributed by atoms with Gasteiger partial charge in [-0.3, -0.25) is 5.10 Å². The topological polar surface area (TPSA) is 89.4 Å². The monoisotopic (exact) mass is 431 g/mol. The van der Waals surface area contributed by atoms with Crippen LogP contribution in [0.25, 0.3) is 22.2 Å². The van der Waals surface area contributed by atoms with E-state index in [9.17, 15) is 23.1 Å². The molecule has 2 heterocycles. The number of fused-ring (bicyclic) bond motifs is 1. The molecule has 0 atom stereocenters. The van der Waals surface area contributed by atoms with Gasteiger partial charge in [0.15, 0.2) is 0 Å². The van der Waals surface area contributed by atoms with E-state index in [4.69, 9.17) is 4.74 Å². The van der Waals surface area contributed by atoms with E-state index in [0.717, 1.165) is 34.3 Å². The van der Waals surface area contributed by atoms with Crippen LogP contribution in [0, 0.1) is 0 Å². The van der Waals surface area contributed by atoms with E-state index in [2.05, 4.69) is 14.9 Å². The van der Waals surface area contributed by atoms with Crippen molar-refractivity contribution < 1.29 is 32.5 Å². The lowest BCUT2D eigenvalue weighted by Crippen LogP contribution is -2.17. The number of aromatic nitrogens is 3. The van der Waals surface area contributed by atoms with Gasteiger partial charge >= 0.3 is 12.3 Å². The first kappa shape index (κ1) is 20.3. The quantitative estimate of drug-likeness (QED) is 0.443. The number of carboxylic acid groups (broad SMARTS) is 1. The molecule has 0 fully saturated rings. The fourth-order valence-electron chi connectivity index (χ4n) is 3.27. The first-order valence-electron chi connectivity index (χ1n) is 9.15. The molecule has 0 saturated heterocycles. The van der Waals surface area contributed by atoms with Crippen molar-refractivity contribution in [2.75, 3.05) is 6.61 Å². The normalized spacial score (nSPS) is 11.6. The minimum Gasteiger partial charge on any atom is -0.492 e. The molecule has 2 aromatic heterocycles. The molecule has 7 nitrogen and oxygen atoms in total. The molecule has 0 saturated carbocycles. The summed E-state index contributed by atoms with van der Waals surface area (Å²) >= 11 is 0. The van der Waals surface area contributed by atoms with Gasteiger partial charge in [-0.05, 0) is 48.5 Å². The van der Waals surface area contributed by atoms with Crippen molar-refractivity contribution in [1.82, 2.24) is 14.8 Å². The molecule has 2 aromatic carbocycles. The average Bonchev–Trinajstić information content (AvgIpc) is 3.36. The van der Waals surface area contributed by atoms with Crippen LogP contribution in [0.1, 0.15) is 10.5 Å². The van der Waals surface area contributed by atoms with E-state index in [1.165, 1.54) is 12.1 Å². The zero-order valence-corrected chi connectivity index (χ0v) is 15.9. The fourth-order valence-corrected chi connectivity index (χ4v) is 3.27. The summed E-state index contributed by atoms with van der Waals surface area (Å²) < 4.78 is 47.7. The summed E-state index contributed by atoms with van der Waals surface area (Å²) in [6, 6.07) is 13.9. The fraction of sp³-hybridized carbons (Fsp3) is 0.143. The molecule has 0 aliphatic rings. The Labute approximate surface area is 173 Å². The van der Waals surface area contributed by atoms with Crippen LogP contribution in [0.3, 0.4) is 0 Å². The molecule has 0 amide bonds. The third-order valence-electron chi connectivity index (χ3n) is 4.57. The highest BCUT2D eigenvalue weighted by molar-refractivity contribution is 5.96. The maximum atomic E-state index is 12.2. The Morgan fingerprint density at radius 1 is 1.06 bits per heavy atom. The standard InChI is InChI=1S/C21H16F3N3O4/c22-21(23,24)31-16-4-2-15(3-5-16)30-10-9-27-18-6-1-13(17-7-8-25-26-17)11-14(18)12-19(27)20(28)29/h1-8,11-12H,9-10H2,(H,25,26)(H,28,29). The van der Waals surface area contributed by atoms with Crippen LogP contribution < -0.4 is 9.47 Å². The van der Waals surface area contributed by atoms with E-state index in [1.54, 1.807) is 16.8 Å². The number of rotatable bonds is 7. The second-order valence-electron chi connectivity index (χ2n) is 6.60. The summed E-state index contributed by atoms with van der Waals surface area (Å²) in [6.07, 6.45) is -3.13. The Morgan fingerprint density at radius 3 is 2.45 bits per heavy atom. The minimum atomic E-state index is -4.76. The Balaban J connectivity index is 1.50. The third kappa shape index (κ3) is 4.63. The summed E-state index contributed by atoms with van der Waals surface area (Å²) in [5.41, 5.74) is 2.51. The molecule has 4 aromatic rings. The van der Waals surface area contributed by atoms with E-state index in [0.29, 0.717) is 5.75 Å². The number of ether oxygens (including phenoxy) is 2. The second kappa shape index (κ2) is 8.05. The Hall–Kier alpha value is -3.95. The molecular formula is C21H16F3N3O4. The number of benzene rings is 2. The van der Waals surface area contributed by atoms with Gasteiger partial charge < -0.3 is 19.1 Å². The molecule has 0 unspecified atom stereocenters. The van der Waals surface area contributed by atoms with Gasteiger partial charge in [0.2, 0.25) is 0 Å². The Morgan fingerprint density at radius 2 is 1.81 bits per heavy atom. The number of aromatic carboxylic acids is 1. The van der Waals surface area contributed by atoms with E-state index in [-0.39, 0.29) is 24.6 Å². The number of aromatic amines is 1. The predicted molar refractivity (Wildman–Crippen MR) is 105 cm³/mol. The summed E-state index contributed by atoms with van der Waals surface area (Å²) in [5, 5.41) is 17.1. The first-order valence-corrected chi connectivity index (χ1v) is 9.15. The SMILES string of the molecule is O=C(O)c1cc2cc(-c3ccn[nH]3)ccc2n1CCOc1ccc(OC(F)(F)F)cc1. The number of halogens is 3. The summed E-state index contributed by atoms with van der Waals surface area (Å²) in [5.74, 6) is -1.09. The lowest BCUT2D eigenvalue weighted by atomic mass is 10.1. The summed E-state index contributed by atoms with van der Waals surface area (Å²) in [7, 11) is 0. The number of alkyl halides is 3. The van der Waals surface area contributed by atoms with E-state index < -0.39 is 12.3 Å². The van der Waals surface area contributed by atoms with Crippen LogP contribution >= 0.6 is 0 Å². The Kier molecular flexibility index (Phi) is 5.28. The van der Waals surface area contributed by atoms with Crippen LogP contribution in [-0.2, 0) is 6.54 Å². The molecule has 2 N–H and O–H groups in total. The maximum absolute atomic E-state index is 12.2. The number of nitrogens with one attached hydrogen (secondary N) is 1. The minimum absolute atomic E-state index is 0.106. The van der Waals surface area contributed by atoms with Crippen molar-refractivity contribution in [3.8, 4) is 22.8 Å². The van der Waals surface area contributed by atoms with Crippen molar-refractivity contribution in [2.45, 2.75) is 12.9 Å². The molecule has 10 heteroatoms. The zero-order chi connectivity index (χ0) is 22.0. The van der Waals surface area contributed by atoms with Crippen LogP contribution in [0.15, 0.2) is 60.8 Å². The van der Waals surface area contributed by atoms with Crippen molar-refractivity contribution in [1.29, 1.82) is 0 Å². The molecule has 0 aliphatic carbocycles. The van der Waals surface area contributed by atoms with Gasteiger partial charge in [-0.1, -0.05) is 6.07 Å². The lowest BCUT2D eigenvalue weighted by molar-refractivity contribution is -0.274. The number of H-pyrrole nitrogens is 1. The van der Waals surface area contributed by atoms with E-state index >= 15 is 0 Å². The number of nitrogens with zero attached hydrogens (tertiary/aromatic N) is 2. The number of carboxylic acids is 1. The summed E-state index contributed by atoms with van der Waals surface area (Å²) in [6.45, 7) is 0.348. The molecule has 31 heavy (non-hydrogen) atoms. The number of hydrogen-bond donors (Lipinski definition) is 2. The van der Waals surface area contributed by atoms with E-state index in [1.807, 2.05) is 24.3 Å². The second-order valence-corrected chi connectivity index (χ2v) is 6.60. The first-order chi connectivity index (χ1) is 14.8. The number of carbonyl (C=O) groups is 1. The molecule has 0 radical (unpaired) electrons. The highest BCUT2D eigenvalue weighted by Crippen LogP contribution is 2.27. The van der Waals surface area contributed by atoms with Gasteiger partial charge in [0, 0.05) is 22.7 Å². The van der Waals surface area contributed by atoms with Gasteiger partial charge in [-0.25, -0.2) is 4.79 Å². The van der Waals surface area contributed by atoms with Gasteiger partial charge in [0.25, 0.3) is 0 Å². The van der Waals surface area contributed by atoms with Gasteiger partial charge in [0.05, 0.1) is 12.2 Å². The zero-order valence-electron chi connectivity index (χ0n) is 15.9. The summed E-state index contributed by atoms with van der Waals surface area (Å²) in [4.78, 5) is 11.7.